The minimum atomic E-state index is -3.69. The molecule has 2 N–H and O–H groups in total. The summed E-state index contributed by atoms with van der Waals surface area (Å²) in [4.78, 5) is 2.46. The summed E-state index contributed by atoms with van der Waals surface area (Å²) in [6.45, 7) is 3.63. The summed E-state index contributed by atoms with van der Waals surface area (Å²) >= 11 is 0. The van der Waals surface area contributed by atoms with Crippen molar-refractivity contribution in [3.05, 3.63) is 131 Å². The van der Waals surface area contributed by atoms with Crippen molar-refractivity contribution >= 4 is 15.7 Å². The first-order chi connectivity index (χ1) is 19.8. The summed E-state index contributed by atoms with van der Waals surface area (Å²) in [7, 11) is -1.60. The maximum Gasteiger partial charge on any atom is 0.261 e. The van der Waals surface area contributed by atoms with E-state index in [4.69, 9.17) is 9.47 Å². The van der Waals surface area contributed by atoms with Crippen molar-refractivity contribution < 1.29 is 23.0 Å². The second kappa shape index (κ2) is 13.0. The van der Waals surface area contributed by atoms with Gasteiger partial charge in [-0.3, -0.25) is 9.62 Å². The summed E-state index contributed by atoms with van der Waals surface area (Å²) in [6.07, 6.45) is -0.988. The van der Waals surface area contributed by atoms with Crippen LogP contribution in [0.3, 0.4) is 0 Å². The molecule has 1 aliphatic rings. The molecule has 0 spiro atoms. The van der Waals surface area contributed by atoms with Crippen LogP contribution in [0.5, 0.6) is 0 Å². The van der Waals surface area contributed by atoms with Gasteiger partial charge in [-0.2, -0.15) is 0 Å². The number of rotatable bonds is 10. The number of hydrogen-bond acceptors (Lipinski definition) is 6. The molecule has 4 unspecified atom stereocenters. The largest absolute Gasteiger partial charge is 0.392 e. The molecule has 5 rings (SSSR count). The molecule has 0 saturated carbocycles. The van der Waals surface area contributed by atoms with Gasteiger partial charge in [0, 0.05) is 30.3 Å². The molecular weight excluding hydrogens is 536 g/mol. The number of hydrogen-bond donors (Lipinski definition) is 2. The van der Waals surface area contributed by atoms with Crippen LogP contribution in [0.2, 0.25) is 0 Å². The predicted molar refractivity (Wildman–Crippen MR) is 159 cm³/mol. The van der Waals surface area contributed by atoms with Gasteiger partial charge in [-0.25, -0.2) is 8.42 Å². The van der Waals surface area contributed by atoms with Crippen molar-refractivity contribution in [2.24, 2.45) is 5.92 Å². The number of aliphatic hydroxyl groups excluding tert-OH is 1. The van der Waals surface area contributed by atoms with Crippen LogP contribution in [-0.2, 0) is 32.6 Å². The van der Waals surface area contributed by atoms with Gasteiger partial charge in [0.1, 0.15) is 0 Å². The van der Waals surface area contributed by atoms with Gasteiger partial charge < -0.3 is 14.6 Å². The van der Waals surface area contributed by atoms with Gasteiger partial charge in [0.25, 0.3) is 10.0 Å². The normalized spacial score (nSPS) is 21.1. The van der Waals surface area contributed by atoms with Crippen molar-refractivity contribution in [1.82, 2.24) is 4.90 Å². The molecule has 0 amide bonds. The van der Waals surface area contributed by atoms with Crippen molar-refractivity contribution in [3.8, 4) is 0 Å². The molecule has 1 saturated heterocycles. The van der Waals surface area contributed by atoms with Gasteiger partial charge in [-0.15, -0.1) is 0 Å². The van der Waals surface area contributed by atoms with Crippen LogP contribution in [0.1, 0.15) is 41.6 Å². The van der Waals surface area contributed by atoms with E-state index in [1.54, 1.807) is 42.5 Å². The molecule has 0 aromatic heterocycles. The van der Waals surface area contributed by atoms with Crippen molar-refractivity contribution in [2.45, 2.75) is 43.5 Å². The summed E-state index contributed by atoms with van der Waals surface area (Å²) in [5, 5.41) is 9.50. The van der Waals surface area contributed by atoms with Gasteiger partial charge in [-0.05, 0) is 48.0 Å². The Balaban J connectivity index is 1.36. The Kier molecular flexibility index (Phi) is 9.17. The van der Waals surface area contributed by atoms with E-state index in [0.717, 1.165) is 23.2 Å². The van der Waals surface area contributed by atoms with Crippen LogP contribution in [0.4, 0.5) is 5.69 Å². The number of ether oxygens (including phenoxy) is 2. The fourth-order valence-corrected chi connectivity index (χ4v) is 6.20. The van der Waals surface area contributed by atoms with Crippen molar-refractivity contribution in [3.63, 3.8) is 0 Å². The van der Waals surface area contributed by atoms with E-state index >= 15 is 0 Å². The Morgan fingerprint density at radius 2 is 1.39 bits per heavy atom. The van der Waals surface area contributed by atoms with Gasteiger partial charge in [-0.1, -0.05) is 91.9 Å². The SMILES string of the molecule is CC1C(CN(C)Cc2ccccc2)OC(c2ccc(NS(=O)(=O)c3ccccc3)cc2)OC1c1ccc(CO)cc1. The van der Waals surface area contributed by atoms with Crippen LogP contribution in [0.25, 0.3) is 0 Å². The first-order valence-corrected chi connectivity index (χ1v) is 15.2. The first-order valence-electron chi connectivity index (χ1n) is 13.7. The molecule has 8 heteroatoms. The number of nitrogens with one attached hydrogen (secondary N) is 1. The third-order valence-corrected chi connectivity index (χ3v) is 8.80. The molecule has 7 nitrogen and oxygen atoms in total. The maximum atomic E-state index is 12.8. The zero-order chi connectivity index (χ0) is 28.8. The smallest absolute Gasteiger partial charge is 0.261 e. The monoisotopic (exact) mass is 572 g/mol. The Morgan fingerprint density at radius 3 is 2.02 bits per heavy atom. The van der Waals surface area contributed by atoms with E-state index in [2.05, 4.69) is 35.7 Å². The van der Waals surface area contributed by atoms with E-state index < -0.39 is 16.3 Å². The quantitative estimate of drug-likeness (QED) is 0.246. The lowest BCUT2D eigenvalue weighted by Crippen LogP contribution is -2.43. The van der Waals surface area contributed by atoms with E-state index in [0.29, 0.717) is 12.2 Å². The molecule has 0 radical (unpaired) electrons. The molecule has 1 aliphatic heterocycles. The maximum absolute atomic E-state index is 12.8. The van der Waals surface area contributed by atoms with Crippen LogP contribution < -0.4 is 4.72 Å². The minimum absolute atomic E-state index is 0.0135. The average Bonchev–Trinajstić information content (AvgIpc) is 2.99. The highest BCUT2D eigenvalue weighted by Crippen LogP contribution is 2.42. The number of nitrogens with zero attached hydrogens (tertiary/aromatic N) is 1. The lowest BCUT2D eigenvalue weighted by Gasteiger charge is -2.42. The van der Waals surface area contributed by atoms with Gasteiger partial charge in [0.2, 0.25) is 0 Å². The fourth-order valence-electron chi connectivity index (χ4n) is 5.12. The third-order valence-electron chi connectivity index (χ3n) is 7.40. The highest BCUT2D eigenvalue weighted by atomic mass is 32.2. The second-order valence-corrected chi connectivity index (χ2v) is 12.2. The molecule has 1 fully saturated rings. The van der Waals surface area contributed by atoms with Crippen LogP contribution in [0, 0.1) is 5.92 Å². The van der Waals surface area contributed by atoms with Gasteiger partial charge in [0.15, 0.2) is 6.29 Å². The number of aliphatic hydroxyl groups is 1. The molecule has 4 aromatic rings. The zero-order valence-corrected chi connectivity index (χ0v) is 24.1. The van der Waals surface area contributed by atoms with E-state index in [9.17, 15) is 13.5 Å². The number of sulfonamides is 1. The van der Waals surface area contributed by atoms with E-state index in [-0.39, 0.29) is 29.6 Å². The van der Waals surface area contributed by atoms with Gasteiger partial charge in [0.05, 0.1) is 23.7 Å². The molecule has 0 bridgehead atoms. The van der Waals surface area contributed by atoms with Crippen molar-refractivity contribution in [2.75, 3.05) is 18.3 Å². The van der Waals surface area contributed by atoms with E-state index in [1.165, 1.54) is 5.56 Å². The average molecular weight is 573 g/mol. The summed E-state index contributed by atoms with van der Waals surface area (Å²) < 4.78 is 41.3. The molecule has 4 aromatic carbocycles. The summed E-state index contributed by atoms with van der Waals surface area (Å²) in [6, 6.07) is 33.6. The minimum Gasteiger partial charge on any atom is -0.392 e. The summed E-state index contributed by atoms with van der Waals surface area (Å²) in [5.74, 6) is 0.0569. The zero-order valence-electron chi connectivity index (χ0n) is 23.3. The Hall–Kier alpha value is -3.53. The molecular formula is C33H36N2O5S. The second-order valence-electron chi connectivity index (χ2n) is 10.5. The Bertz CT molecular complexity index is 1500. The highest BCUT2D eigenvalue weighted by molar-refractivity contribution is 7.92. The lowest BCUT2D eigenvalue weighted by molar-refractivity contribution is -0.276. The van der Waals surface area contributed by atoms with Crippen LogP contribution in [0.15, 0.2) is 114 Å². The molecule has 1 heterocycles. The fraction of sp³-hybridized carbons (Fsp3) is 0.273. The topological polar surface area (TPSA) is 88.1 Å². The standard InChI is InChI=1S/C33H36N2O5S/c1-24-31(22-35(2)21-25-9-5-3-6-10-25)39-33(40-32(24)27-15-13-26(23-36)14-16-27)28-17-19-29(20-18-28)34-41(37,38)30-11-7-4-8-12-30/h3-20,24,31-34,36H,21-23H2,1-2H3. The number of likely N-dealkylation sites (N-methyl/N-ethyl adjacent to an activating group) is 1. The van der Waals surface area contributed by atoms with Crippen LogP contribution >= 0.6 is 0 Å². The molecule has 214 valence electrons. The highest BCUT2D eigenvalue weighted by Gasteiger charge is 2.38. The third kappa shape index (κ3) is 7.22. The Labute approximate surface area is 242 Å². The predicted octanol–water partition coefficient (Wildman–Crippen LogP) is 5.90. The van der Waals surface area contributed by atoms with E-state index in [1.807, 2.05) is 54.6 Å². The molecule has 41 heavy (non-hydrogen) atoms. The molecule has 0 aliphatic carbocycles. The van der Waals surface area contributed by atoms with Gasteiger partial charge >= 0.3 is 0 Å². The molecule has 4 atom stereocenters. The Morgan fingerprint density at radius 1 is 0.780 bits per heavy atom. The van der Waals surface area contributed by atoms with Crippen molar-refractivity contribution in [1.29, 1.82) is 0 Å². The summed E-state index contributed by atoms with van der Waals surface area (Å²) in [5.41, 5.74) is 4.35. The lowest BCUT2D eigenvalue weighted by atomic mass is 9.90. The number of benzene rings is 4. The first kappa shape index (κ1) is 29.0. The van der Waals surface area contributed by atoms with Crippen LogP contribution in [-0.4, -0.2) is 38.1 Å². The number of anilines is 1.